The van der Waals surface area contributed by atoms with Gasteiger partial charge in [0.25, 0.3) is 0 Å². The van der Waals surface area contributed by atoms with Crippen LogP contribution in [0.1, 0.15) is 6.92 Å². The molecule has 0 saturated heterocycles. The minimum atomic E-state index is 0.650. The lowest BCUT2D eigenvalue weighted by Gasteiger charge is -2.03. The summed E-state index contributed by atoms with van der Waals surface area (Å²) in [6.07, 6.45) is 0. The van der Waals surface area contributed by atoms with Crippen LogP contribution in [0.4, 0.5) is 0 Å². The van der Waals surface area contributed by atoms with Gasteiger partial charge in [0.15, 0.2) is 5.82 Å². The smallest absolute Gasteiger partial charge is 0.235 e. The second kappa shape index (κ2) is 5.51. The molecule has 4 aromatic rings. The van der Waals surface area contributed by atoms with Gasteiger partial charge in [-0.2, -0.15) is 9.61 Å². The SMILES string of the molecule is CCOc1cccc(-c2nn3c(-c4cccs4)nnc3s2)c1. The number of ether oxygens (including phenoxy) is 1. The fourth-order valence-electron chi connectivity index (χ4n) is 2.18. The molecule has 0 amide bonds. The van der Waals surface area contributed by atoms with E-state index in [0.717, 1.165) is 32.0 Å². The standard InChI is InChI=1S/C15H12N4OS2/c1-2-20-11-6-3-5-10(9-11)14-18-19-13(12-7-4-8-21-12)16-17-15(19)22-14/h3-9H,2H2,1H3. The first kappa shape index (κ1) is 13.4. The predicted octanol–water partition coefficient (Wildman–Crippen LogP) is 3.98. The Morgan fingerprint density at radius 1 is 1.18 bits per heavy atom. The highest BCUT2D eigenvalue weighted by atomic mass is 32.1. The van der Waals surface area contributed by atoms with E-state index in [9.17, 15) is 0 Å². The highest BCUT2D eigenvalue weighted by molar-refractivity contribution is 7.19. The Hall–Kier alpha value is -2.25. The van der Waals surface area contributed by atoms with E-state index in [4.69, 9.17) is 4.74 Å². The number of thiophene rings is 1. The molecule has 0 aliphatic carbocycles. The van der Waals surface area contributed by atoms with Crippen molar-refractivity contribution in [2.45, 2.75) is 6.92 Å². The topological polar surface area (TPSA) is 52.3 Å². The minimum Gasteiger partial charge on any atom is -0.494 e. The van der Waals surface area contributed by atoms with E-state index in [1.165, 1.54) is 11.3 Å². The number of fused-ring (bicyclic) bond motifs is 1. The van der Waals surface area contributed by atoms with Crippen molar-refractivity contribution in [1.82, 2.24) is 19.8 Å². The Labute approximate surface area is 134 Å². The summed E-state index contributed by atoms with van der Waals surface area (Å²) in [6.45, 7) is 2.63. The van der Waals surface area contributed by atoms with E-state index in [-0.39, 0.29) is 0 Å². The van der Waals surface area contributed by atoms with Crippen LogP contribution in [0.15, 0.2) is 41.8 Å². The molecule has 0 N–H and O–H groups in total. The molecular weight excluding hydrogens is 316 g/mol. The highest BCUT2D eigenvalue weighted by Crippen LogP contribution is 2.31. The molecule has 0 atom stereocenters. The summed E-state index contributed by atoms with van der Waals surface area (Å²) < 4.78 is 7.35. The van der Waals surface area contributed by atoms with Crippen LogP contribution in [0.3, 0.4) is 0 Å². The van der Waals surface area contributed by atoms with Gasteiger partial charge in [0.1, 0.15) is 10.8 Å². The van der Waals surface area contributed by atoms with Gasteiger partial charge in [0, 0.05) is 5.56 Å². The Balaban J connectivity index is 1.79. The number of rotatable bonds is 4. The fourth-order valence-corrected chi connectivity index (χ4v) is 3.71. The first-order valence-electron chi connectivity index (χ1n) is 6.84. The third-order valence-electron chi connectivity index (χ3n) is 3.12. The Bertz CT molecular complexity index is 911. The van der Waals surface area contributed by atoms with Crippen LogP contribution >= 0.6 is 22.7 Å². The predicted molar refractivity (Wildman–Crippen MR) is 88.6 cm³/mol. The molecule has 0 radical (unpaired) electrons. The summed E-state index contributed by atoms with van der Waals surface area (Å²) in [5, 5.41) is 16.0. The van der Waals surface area contributed by atoms with E-state index in [2.05, 4.69) is 15.3 Å². The van der Waals surface area contributed by atoms with Gasteiger partial charge in [-0.05, 0) is 30.5 Å². The summed E-state index contributed by atoms with van der Waals surface area (Å²) >= 11 is 3.15. The number of nitrogens with zero attached hydrogens (tertiary/aromatic N) is 4. The highest BCUT2D eigenvalue weighted by Gasteiger charge is 2.15. The third kappa shape index (κ3) is 2.28. The van der Waals surface area contributed by atoms with Crippen molar-refractivity contribution >= 4 is 27.6 Å². The molecule has 110 valence electrons. The molecule has 0 spiro atoms. The van der Waals surface area contributed by atoms with E-state index < -0.39 is 0 Å². The molecule has 0 aliphatic heterocycles. The van der Waals surface area contributed by atoms with Crippen molar-refractivity contribution in [3.05, 3.63) is 41.8 Å². The molecule has 22 heavy (non-hydrogen) atoms. The number of hydrogen-bond donors (Lipinski definition) is 0. The van der Waals surface area contributed by atoms with Crippen LogP contribution < -0.4 is 4.74 Å². The number of hydrogen-bond acceptors (Lipinski definition) is 6. The first-order valence-corrected chi connectivity index (χ1v) is 8.54. The lowest BCUT2D eigenvalue weighted by molar-refractivity contribution is 0.340. The van der Waals surface area contributed by atoms with Crippen LogP contribution in [0.5, 0.6) is 5.75 Å². The summed E-state index contributed by atoms with van der Waals surface area (Å²) in [4.78, 5) is 1.85. The van der Waals surface area contributed by atoms with Crippen molar-refractivity contribution in [1.29, 1.82) is 0 Å². The van der Waals surface area contributed by atoms with Crippen LogP contribution in [-0.4, -0.2) is 26.4 Å². The van der Waals surface area contributed by atoms with Gasteiger partial charge in [-0.25, -0.2) is 0 Å². The average Bonchev–Trinajstić information content (AvgIpc) is 3.24. The maximum atomic E-state index is 5.55. The monoisotopic (exact) mass is 328 g/mol. The summed E-state index contributed by atoms with van der Waals surface area (Å²) in [7, 11) is 0. The summed E-state index contributed by atoms with van der Waals surface area (Å²) in [5.74, 6) is 1.64. The normalized spacial score (nSPS) is 11.1. The zero-order valence-corrected chi connectivity index (χ0v) is 13.4. The Morgan fingerprint density at radius 2 is 2.14 bits per heavy atom. The minimum absolute atomic E-state index is 0.650. The summed E-state index contributed by atoms with van der Waals surface area (Å²) in [5.41, 5.74) is 1.03. The molecule has 3 aromatic heterocycles. The van der Waals surface area contributed by atoms with Gasteiger partial charge < -0.3 is 4.74 Å². The molecular formula is C15H12N4OS2. The van der Waals surface area contributed by atoms with Crippen molar-refractivity contribution in [2.75, 3.05) is 6.61 Å². The van der Waals surface area contributed by atoms with Crippen molar-refractivity contribution in [3.63, 3.8) is 0 Å². The van der Waals surface area contributed by atoms with Gasteiger partial charge in [0.2, 0.25) is 4.96 Å². The second-order valence-corrected chi connectivity index (χ2v) is 6.47. The van der Waals surface area contributed by atoms with Gasteiger partial charge in [-0.1, -0.05) is 29.5 Å². The van der Waals surface area contributed by atoms with E-state index in [1.54, 1.807) is 15.9 Å². The van der Waals surface area contributed by atoms with E-state index in [0.29, 0.717) is 6.61 Å². The van der Waals surface area contributed by atoms with Crippen LogP contribution in [-0.2, 0) is 0 Å². The molecule has 4 rings (SSSR count). The van der Waals surface area contributed by atoms with Gasteiger partial charge in [0.05, 0.1) is 11.5 Å². The van der Waals surface area contributed by atoms with Crippen LogP contribution in [0.25, 0.3) is 26.2 Å². The van der Waals surface area contributed by atoms with Gasteiger partial charge in [-0.3, -0.25) is 0 Å². The van der Waals surface area contributed by atoms with E-state index in [1.807, 2.05) is 48.7 Å². The van der Waals surface area contributed by atoms with Crippen LogP contribution in [0.2, 0.25) is 0 Å². The number of aromatic nitrogens is 4. The quantitative estimate of drug-likeness (QED) is 0.568. The van der Waals surface area contributed by atoms with Crippen molar-refractivity contribution in [3.8, 4) is 27.0 Å². The first-order chi connectivity index (χ1) is 10.8. The zero-order chi connectivity index (χ0) is 14.9. The molecule has 3 heterocycles. The maximum Gasteiger partial charge on any atom is 0.235 e. The van der Waals surface area contributed by atoms with Crippen molar-refractivity contribution < 1.29 is 4.74 Å². The molecule has 1 aromatic carbocycles. The lowest BCUT2D eigenvalue weighted by Crippen LogP contribution is -1.92. The maximum absolute atomic E-state index is 5.55. The second-order valence-electron chi connectivity index (χ2n) is 4.56. The molecule has 0 aliphatic rings. The molecule has 7 heteroatoms. The molecule has 0 bridgehead atoms. The Morgan fingerprint density at radius 3 is 2.95 bits per heavy atom. The van der Waals surface area contributed by atoms with Gasteiger partial charge >= 0.3 is 0 Å². The largest absolute Gasteiger partial charge is 0.494 e. The molecule has 0 fully saturated rings. The molecule has 0 saturated carbocycles. The average molecular weight is 328 g/mol. The number of benzene rings is 1. The molecule has 5 nitrogen and oxygen atoms in total. The zero-order valence-electron chi connectivity index (χ0n) is 11.8. The van der Waals surface area contributed by atoms with Crippen molar-refractivity contribution in [2.24, 2.45) is 0 Å². The van der Waals surface area contributed by atoms with E-state index >= 15 is 0 Å². The molecule has 0 unspecified atom stereocenters. The van der Waals surface area contributed by atoms with Crippen LogP contribution in [0, 0.1) is 0 Å². The fraction of sp³-hybridized carbons (Fsp3) is 0.133. The lowest BCUT2D eigenvalue weighted by atomic mass is 10.2. The van der Waals surface area contributed by atoms with Gasteiger partial charge in [-0.15, -0.1) is 21.5 Å². The Kier molecular flexibility index (Phi) is 3.36. The third-order valence-corrected chi connectivity index (χ3v) is 4.94. The summed E-state index contributed by atoms with van der Waals surface area (Å²) in [6, 6.07) is 12.0.